The molecule has 0 bridgehead atoms. The van der Waals surface area contributed by atoms with Crippen LogP contribution in [0.2, 0.25) is 0 Å². The van der Waals surface area contributed by atoms with Gasteiger partial charge in [0.2, 0.25) is 0 Å². The average molecular weight is 292 g/mol. The van der Waals surface area contributed by atoms with Crippen molar-refractivity contribution in [3.63, 3.8) is 0 Å². The SMILES string of the molecule is COc1ccc(C2C[C@H](O)c3cc(F)ccc3O2)cc1F. The molecule has 0 aliphatic carbocycles. The fourth-order valence-electron chi connectivity index (χ4n) is 2.51. The molecule has 110 valence electrons. The number of ether oxygens (including phenoxy) is 2. The van der Waals surface area contributed by atoms with Crippen LogP contribution in [0.4, 0.5) is 8.78 Å². The zero-order chi connectivity index (χ0) is 15.0. The smallest absolute Gasteiger partial charge is 0.165 e. The number of rotatable bonds is 2. The lowest BCUT2D eigenvalue weighted by molar-refractivity contribution is 0.0651. The summed E-state index contributed by atoms with van der Waals surface area (Å²) in [7, 11) is 1.39. The first-order valence-electron chi connectivity index (χ1n) is 6.56. The lowest BCUT2D eigenvalue weighted by atomic mass is 9.95. The normalized spacial score (nSPS) is 20.6. The topological polar surface area (TPSA) is 38.7 Å². The van der Waals surface area contributed by atoms with Crippen molar-refractivity contribution in [3.05, 3.63) is 59.2 Å². The second kappa shape index (κ2) is 5.33. The van der Waals surface area contributed by atoms with E-state index in [1.165, 1.54) is 37.4 Å². The Labute approximate surface area is 120 Å². The molecule has 0 spiro atoms. The fourth-order valence-corrected chi connectivity index (χ4v) is 2.51. The highest BCUT2D eigenvalue weighted by Gasteiger charge is 2.28. The maximum Gasteiger partial charge on any atom is 0.165 e. The first-order chi connectivity index (χ1) is 10.1. The van der Waals surface area contributed by atoms with Crippen LogP contribution in [0.5, 0.6) is 11.5 Å². The zero-order valence-corrected chi connectivity index (χ0v) is 11.3. The van der Waals surface area contributed by atoms with Crippen molar-refractivity contribution in [1.29, 1.82) is 0 Å². The molecule has 3 nitrogen and oxygen atoms in total. The van der Waals surface area contributed by atoms with Gasteiger partial charge in [-0.25, -0.2) is 8.78 Å². The zero-order valence-electron chi connectivity index (χ0n) is 11.3. The van der Waals surface area contributed by atoms with E-state index in [0.29, 0.717) is 16.9 Å². The van der Waals surface area contributed by atoms with Crippen molar-refractivity contribution in [1.82, 2.24) is 0 Å². The van der Waals surface area contributed by atoms with Gasteiger partial charge in [-0.1, -0.05) is 6.07 Å². The van der Waals surface area contributed by atoms with E-state index in [1.54, 1.807) is 6.07 Å². The van der Waals surface area contributed by atoms with E-state index in [9.17, 15) is 13.9 Å². The molecule has 2 atom stereocenters. The van der Waals surface area contributed by atoms with Gasteiger partial charge in [-0.3, -0.25) is 0 Å². The Hall–Kier alpha value is -2.14. The minimum atomic E-state index is -0.848. The first kappa shape index (κ1) is 13.8. The minimum absolute atomic E-state index is 0.151. The third kappa shape index (κ3) is 2.56. The van der Waals surface area contributed by atoms with Gasteiger partial charge in [-0.05, 0) is 35.9 Å². The molecule has 0 saturated carbocycles. The van der Waals surface area contributed by atoms with E-state index in [2.05, 4.69) is 0 Å². The molecule has 0 fully saturated rings. The third-order valence-electron chi connectivity index (χ3n) is 3.59. The lowest BCUT2D eigenvalue weighted by Gasteiger charge is -2.30. The summed E-state index contributed by atoms with van der Waals surface area (Å²) in [5.41, 5.74) is 1.02. The Kier molecular flexibility index (Phi) is 3.51. The van der Waals surface area contributed by atoms with E-state index in [4.69, 9.17) is 9.47 Å². The number of aliphatic hydroxyl groups is 1. The average Bonchev–Trinajstić information content (AvgIpc) is 2.47. The van der Waals surface area contributed by atoms with Gasteiger partial charge in [-0.15, -0.1) is 0 Å². The molecule has 0 amide bonds. The number of hydrogen-bond donors (Lipinski definition) is 1. The highest BCUT2D eigenvalue weighted by molar-refractivity contribution is 5.39. The molecular weight excluding hydrogens is 278 g/mol. The molecule has 5 heteroatoms. The quantitative estimate of drug-likeness (QED) is 0.920. The molecule has 1 unspecified atom stereocenters. The van der Waals surface area contributed by atoms with Gasteiger partial charge in [0, 0.05) is 12.0 Å². The fraction of sp³-hybridized carbons (Fsp3) is 0.250. The summed E-state index contributed by atoms with van der Waals surface area (Å²) in [6, 6.07) is 8.52. The molecular formula is C16H14F2O3. The second-order valence-electron chi connectivity index (χ2n) is 4.93. The predicted molar refractivity (Wildman–Crippen MR) is 72.3 cm³/mol. The largest absolute Gasteiger partial charge is 0.494 e. The van der Waals surface area contributed by atoms with E-state index in [0.717, 1.165) is 0 Å². The van der Waals surface area contributed by atoms with Crippen molar-refractivity contribution in [2.45, 2.75) is 18.6 Å². The van der Waals surface area contributed by atoms with Gasteiger partial charge in [0.05, 0.1) is 13.2 Å². The minimum Gasteiger partial charge on any atom is -0.494 e. The molecule has 1 heterocycles. The van der Waals surface area contributed by atoms with Gasteiger partial charge in [0.15, 0.2) is 11.6 Å². The number of benzene rings is 2. The number of aliphatic hydroxyl groups excluding tert-OH is 1. The summed E-state index contributed by atoms with van der Waals surface area (Å²) >= 11 is 0. The molecule has 0 radical (unpaired) electrons. The van der Waals surface area contributed by atoms with Crippen LogP contribution in [0.15, 0.2) is 36.4 Å². The molecule has 2 aromatic rings. The summed E-state index contributed by atoms with van der Waals surface area (Å²) in [5.74, 6) is -0.350. The van der Waals surface area contributed by atoms with Crippen LogP contribution in [0.25, 0.3) is 0 Å². The maximum absolute atomic E-state index is 13.8. The van der Waals surface area contributed by atoms with E-state index < -0.39 is 23.8 Å². The highest BCUT2D eigenvalue weighted by Crippen LogP contribution is 2.41. The summed E-state index contributed by atoms with van der Waals surface area (Å²) < 4.78 is 37.6. The van der Waals surface area contributed by atoms with E-state index in [-0.39, 0.29) is 12.2 Å². The Balaban J connectivity index is 1.92. The van der Waals surface area contributed by atoms with Crippen LogP contribution in [0.1, 0.15) is 29.8 Å². The van der Waals surface area contributed by atoms with Gasteiger partial charge < -0.3 is 14.6 Å². The third-order valence-corrected chi connectivity index (χ3v) is 3.59. The first-order valence-corrected chi connectivity index (χ1v) is 6.56. The number of halogens is 2. The van der Waals surface area contributed by atoms with Crippen molar-refractivity contribution in [2.24, 2.45) is 0 Å². The standard InChI is InChI=1S/C16H14F2O3/c1-20-15-4-2-9(6-12(15)18)16-8-13(19)11-7-10(17)3-5-14(11)21-16/h2-7,13,16,19H,8H2,1H3/t13-,16?/m0/s1. The molecule has 1 aliphatic rings. The van der Waals surface area contributed by atoms with Crippen LogP contribution in [-0.2, 0) is 0 Å². The van der Waals surface area contributed by atoms with Crippen molar-refractivity contribution in [3.8, 4) is 11.5 Å². The molecule has 3 rings (SSSR count). The molecule has 0 saturated heterocycles. The Morgan fingerprint density at radius 1 is 1.19 bits per heavy atom. The van der Waals surface area contributed by atoms with E-state index in [1.807, 2.05) is 0 Å². The molecule has 1 N–H and O–H groups in total. The highest BCUT2D eigenvalue weighted by atomic mass is 19.1. The van der Waals surface area contributed by atoms with Gasteiger partial charge in [0.1, 0.15) is 17.7 Å². The number of hydrogen-bond acceptors (Lipinski definition) is 3. The van der Waals surface area contributed by atoms with Crippen molar-refractivity contribution < 1.29 is 23.4 Å². The Morgan fingerprint density at radius 3 is 2.71 bits per heavy atom. The monoisotopic (exact) mass is 292 g/mol. The van der Waals surface area contributed by atoms with Crippen LogP contribution in [0.3, 0.4) is 0 Å². The Bertz CT molecular complexity index is 673. The maximum atomic E-state index is 13.8. The van der Waals surface area contributed by atoms with Gasteiger partial charge in [0.25, 0.3) is 0 Å². The van der Waals surface area contributed by atoms with Gasteiger partial charge >= 0.3 is 0 Å². The van der Waals surface area contributed by atoms with Crippen LogP contribution < -0.4 is 9.47 Å². The van der Waals surface area contributed by atoms with E-state index >= 15 is 0 Å². The van der Waals surface area contributed by atoms with Crippen molar-refractivity contribution >= 4 is 0 Å². The van der Waals surface area contributed by atoms with Crippen LogP contribution in [0, 0.1) is 11.6 Å². The molecule has 1 aliphatic heterocycles. The van der Waals surface area contributed by atoms with Gasteiger partial charge in [-0.2, -0.15) is 0 Å². The molecule has 0 aromatic heterocycles. The van der Waals surface area contributed by atoms with Crippen molar-refractivity contribution in [2.75, 3.05) is 7.11 Å². The summed E-state index contributed by atoms with van der Waals surface area (Å²) in [6.07, 6.45) is -1.10. The number of methoxy groups -OCH3 is 1. The number of fused-ring (bicyclic) bond motifs is 1. The second-order valence-corrected chi connectivity index (χ2v) is 4.93. The predicted octanol–water partition coefficient (Wildman–Crippen LogP) is 3.53. The molecule has 2 aromatic carbocycles. The summed E-state index contributed by atoms with van der Waals surface area (Å²) in [4.78, 5) is 0. The summed E-state index contributed by atoms with van der Waals surface area (Å²) in [6.45, 7) is 0. The Morgan fingerprint density at radius 2 is 2.00 bits per heavy atom. The van der Waals surface area contributed by atoms with Crippen LogP contribution in [-0.4, -0.2) is 12.2 Å². The lowest BCUT2D eigenvalue weighted by Crippen LogP contribution is -2.19. The van der Waals surface area contributed by atoms with Crippen LogP contribution >= 0.6 is 0 Å². The summed E-state index contributed by atoms with van der Waals surface area (Å²) in [5, 5.41) is 10.1. The molecule has 21 heavy (non-hydrogen) atoms.